The number of hydrogen-bond donors (Lipinski definition) is 0. The van der Waals surface area contributed by atoms with Gasteiger partial charge in [-0.3, -0.25) is 4.90 Å². The minimum Gasteiger partial charge on any atom is -0.377 e. The molecule has 0 aliphatic carbocycles. The molecule has 0 N–H and O–H groups in total. The van der Waals surface area contributed by atoms with Crippen molar-refractivity contribution in [2.24, 2.45) is 5.92 Å². The maximum atomic E-state index is 12.9. The van der Waals surface area contributed by atoms with Gasteiger partial charge < -0.3 is 9.30 Å². The van der Waals surface area contributed by atoms with Gasteiger partial charge in [-0.15, -0.1) is 0 Å². The minimum atomic E-state index is -3.44. The predicted molar refractivity (Wildman–Crippen MR) is 94.7 cm³/mol. The van der Waals surface area contributed by atoms with Gasteiger partial charge in [0, 0.05) is 19.7 Å². The quantitative estimate of drug-likeness (QED) is 0.679. The van der Waals surface area contributed by atoms with Gasteiger partial charge in [0.05, 0.1) is 23.7 Å². The first-order chi connectivity index (χ1) is 11.4. The number of rotatable bonds is 9. The van der Waals surface area contributed by atoms with E-state index in [1.54, 1.807) is 6.20 Å². The molecule has 1 aromatic rings. The molecule has 0 amide bonds. The van der Waals surface area contributed by atoms with Crippen LogP contribution in [0, 0.1) is 5.92 Å². The van der Waals surface area contributed by atoms with Crippen molar-refractivity contribution in [1.29, 1.82) is 0 Å². The van der Waals surface area contributed by atoms with E-state index >= 15 is 0 Å². The molecule has 1 aliphatic heterocycles. The van der Waals surface area contributed by atoms with Crippen LogP contribution in [-0.2, 0) is 27.7 Å². The van der Waals surface area contributed by atoms with Crippen molar-refractivity contribution in [3.63, 3.8) is 0 Å². The maximum absolute atomic E-state index is 12.9. The zero-order valence-electron chi connectivity index (χ0n) is 15.4. The van der Waals surface area contributed by atoms with Gasteiger partial charge in [-0.25, -0.2) is 13.4 Å². The Balaban J connectivity index is 2.28. The average Bonchev–Trinajstić information content (AvgIpc) is 3.14. The molecule has 7 heteroatoms. The van der Waals surface area contributed by atoms with Crippen molar-refractivity contribution in [2.45, 2.75) is 64.9 Å². The second-order valence-corrected chi connectivity index (χ2v) is 8.84. The van der Waals surface area contributed by atoms with Crippen molar-refractivity contribution < 1.29 is 13.2 Å². The molecule has 1 atom stereocenters. The molecule has 138 valence electrons. The van der Waals surface area contributed by atoms with Crippen molar-refractivity contribution in [2.75, 3.05) is 25.4 Å². The zero-order chi connectivity index (χ0) is 17.7. The lowest BCUT2D eigenvalue weighted by Gasteiger charge is -2.21. The summed E-state index contributed by atoms with van der Waals surface area (Å²) in [6, 6.07) is 0. The third-order valence-corrected chi connectivity index (χ3v) is 6.13. The van der Waals surface area contributed by atoms with E-state index in [-0.39, 0.29) is 17.0 Å². The first kappa shape index (κ1) is 19.4. The smallest absolute Gasteiger partial charge is 0.227 e. The fourth-order valence-corrected chi connectivity index (χ4v) is 4.74. The van der Waals surface area contributed by atoms with Gasteiger partial charge in [-0.1, -0.05) is 27.7 Å². The Labute approximate surface area is 146 Å². The molecule has 2 rings (SSSR count). The fraction of sp³-hybridized carbons (Fsp3) is 0.824. The minimum absolute atomic E-state index is 0.0345. The van der Waals surface area contributed by atoms with Crippen LogP contribution in [0.25, 0.3) is 0 Å². The molecule has 0 bridgehead atoms. The van der Waals surface area contributed by atoms with Crippen LogP contribution in [0.5, 0.6) is 0 Å². The van der Waals surface area contributed by atoms with E-state index in [0.717, 1.165) is 38.2 Å². The number of ether oxygens (including phenoxy) is 1. The molecule has 0 radical (unpaired) electrons. The third kappa shape index (κ3) is 4.80. The summed E-state index contributed by atoms with van der Waals surface area (Å²) in [4.78, 5) is 6.57. The monoisotopic (exact) mass is 357 g/mol. The van der Waals surface area contributed by atoms with E-state index in [9.17, 15) is 8.42 Å². The second kappa shape index (κ2) is 8.45. The summed E-state index contributed by atoms with van der Waals surface area (Å²) >= 11 is 0. The molecule has 1 aliphatic rings. The zero-order valence-corrected chi connectivity index (χ0v) is 16.2. The average molecular weight is 358 g/mol. The Kier molecular flexibility index (Phi) is 6.83. The highest BCUT2D eigenvalue weighted by Gasteiger charge is 2.29. The van der Waals surface area contributed by atoms with Crippen molar-refractivity contribution in [1.82, 2.24) is 14.5 Å². The van der Waals surface area contributed by atoms with E-state index in [0.29, 0.717) is 19.1 Å². The topological polar surface area (TPSA) is 64.4 Å². The summed E-state index contributed by atoms with van der Waals surface area (Å²) in [6.45, 7) is 12.3. The van der Waals surface area contributed by atoms with Crippen molar-refractivity contribution >= 4 is 9.84 Å². The van der Waals surface area contributed by atoms with Crippen LogP contribution >= 0.6 is 0 Å². The standard InChI is InChI=1S/C17H31N3O3S/c1-5-19(6-2)12-15-10-18-17(20(15)11-14(3)4)24(21,22)13-16-8-7-9-23-16/h10,14,16H,5-9,11-13H2,1-4H3/t16-/m0/s1. The number of hydrogen-bond acceptors (Lipinski definition) is 5. The van der Waals surface area contributed by atoms with Gasteiger partial charge >= 0.3 is 0 Å². The largest absolute Gasteiger partial charge is 0.377 e. The van der Waals surface area contributed by atoms with E-state index in [4.69, 9.17) is 4.74 Å². The SMILES string of the molecule is CCN(CC)Cc1cnc(S(=O)(=O)C[C@@H]2CCCO2)n1CC(C)C. The molecule has 1 saturated heterocycles. The lowest BCUT2D eigenvalue weighted by molar-refractivity contribution is 0.127. The molecule has 24 heavy (non-hydrogen) atoms. The van der Waals surface area contributed by atoms with E-state index in [1.165, 1.54) is 0 Å². The second-order valence-electron chi connectivity index (χ2n) is 6.91. The van der Waals surface area contributed by atoms with Crippen LogP contribution in [0.4, 0.5) is 0 Å². The summed E-state index contributed by atoms with van der Waals surface area (Å²) in [5, 5.41) is 0.203. The highest BCUT2D eigenvalue weighted by Crippen LogP contribution is 2.21. The fourth-order valence-electron chi connectivity index (χ4n) is 3.10. The summed E-state index contributed by atoms with van der Waals surface area (Å²) in [7, 11) is -3.44. The molecular weight excluding hydrogens is 326 g/mol. The summed E-state index contributed by atoms with van der Waals surface area (Å²) < 4.78 is 33.1. The molecule has 0 aromatic carbocycles. The Morgan fingerprint density at radius 3 is 2.62 bits per heavy atom. The molecule has 0 spiro atoms. The lowest BCUT2D eigenvalue weighted by atomic mass is 10.2. The number of nitrogens with zero attached hydrogens (tertiary/aromatic N) is 3. The Hall–Kier alpha value is -0.920. The Bertz CT molecular complexity index is 615. The molecule has 6 nitrogen and oxygen atoms in total. The molecule has 2 heterocycles. The van der Waals surface area contributed by atoms with Gasteiger partial charge in [-0.05, 0) is 31.8 Å². The van der Waals surface area contributed by atoms with Crippen molar-refractivity contribution in [3.05, 3.63) is 11.9 Å². The van der Waals surface area contributed by atoms with Gasteiger partial charge in [0.1, 0.15) is 0 Å². The highest BCUT2D eigenvalue weighted by molar-refractivity contribution is 7.91. The van der Waals surface area contributed by atoms with Gasteiger partial charge in [-0.2, -0.15) is 0 Å². The first-order valence-corrected chi connectivity index (χ1v) is 10.6. The molecular formula is C17H31N3O3S. The highest BCUT2D eigenvalue weighted by atomic mass is 32.2. The van der Waals surface area contributed by atoms with Gasteiger partial charge in [0.25, 0.3) is 0 Å². The predicted octanol–water partition coefficient (Wildman–Crippen LogP) is 2.33. The Morgan fingerprint density at radius 2 is 2.08 bits per heavy atom. The maximum Gasteiger partial charge on any atom is 0.227 e. The van der Waals surface area contributed by atoms with Crippen LogP contribution in [-0.4, -0.2) is 54.4 Å². The van der Waals surface area contributed by atoms with E-state index < -0.39 is 9.84 Å². The van der Waals surface area contributed by atoms with Crippen LogP contribution in [0.2, 0.25) is 0 Å². The van der Waals surface area contributed by atoms with Crippen molar-refractivity contribution in [3.8, 4) is 0 Å². The Morgan fingerprint density at radius 1 is 1.38 bits per heavy atom. The molecule has 0 saturated carbocycles. The third-order valence-electron chi connectivity index (χ3n) is 4.44. The van der Waals surface area contributed by atoms with E-state index in [1.807, 2.05) is 4.57 Å². The van der Waals surface area contributed by atoms with Crippen LogP contribution in [0.3, 0.4) is 0 Å². The van der Waals surface area contributed by atoms with Gasteiger partial charge in [0.15, 0.2) is 0 Å². The number of imidazole rings is 1. The lowest BCUT2D eigenvalue weighted by Crippen LogP contribution is -2.27. The van der Waals surface area contributed by atoms with E-state index in [2.05, 4.69) is 37.6 Å². The van der Waals surface area contributed by atoms with Gasteiger partial charge in [0.2, 0.25) is 15.0 Å². The number of aromatic nitrogens is 2. The molecule has 1 fully saturated rings. The summed E-state index contributed by atoms with van der Waals surface area (Å²) in [6.07, 6.45) is 3.29. The summed E-state index contributed by atoms with van der Waals surface area (Å²) in [5.74, 6) is 0.388. The van der Waals surface area contributed by atoms with Crippen LogP contribution in [0.1, 0.15) is 46.2 Å². The van der Waals surface area contributed by atoms with Crippen LogP contribution in [0.15, 0.2) is 11.4 Å². The normalized spacial score (nSPS) is 18.8. The van der Waals surface area contributed by atoms with Crippen LogP contribution < -0.4 is 0 Å². The molecule has 0 unspecified atom stereocenters. The first-order valence-electron chi connectivity index (χ1n) is 8.98. The summed E-state index contributed by atoms with van der Waals surface area (Å²) in [5.41, 5.74) is 0.971. The molecule has 1 aromatic heterocycles. The number of sulfone groups is 1.